The highest BCUT2D eigenvalue weighted by Crippen LogP contribution is 2.32. The second-order valence-corrected chi connectivity index (χ2v) is 10.2. The van der Waals surface area contributed by atoms with Gasteiger partial charge in [-0.3, -0.25) is 9.36 Å². The number of pyridine rings is 1. The molecule has 0 saturated heterocycles. The van der Waals surface area contributed by atoms with E-state index in [0.717, 1.165) is 11.3 Å². The molecule has 0 bridgehead atoms. The van der Waals surface area contributed by atoms with Crippen molar-refractivity contribution in [2.75, 3.05) is 0 Å². The van der Waals surface area contributed by atoms with Gasteiger partial charge >= 0.3 is 0 Å². The van der Waals surface area contributed by atoms with Gasteiger partial charge in [0.15, 0.2) is 10.8 Å². The fourth-order valence-corrected chi connectivity index (χ4v) is 5.53. The minimum Gasteiger partial charge on any atom is -0.493 e. The monoisotopic (exact) mass is 544 g/mol. The molecule has 198 valence electrons. The molecule has 0 fully saturated rings. The van der Waals surface area contributed by atoms with Crippen LogP contribution in [0.4, 0.5) is 8.78 Å². The van der Waals surface area contributed by atoms with Crippen molar-refractivity contribution in [3.8, 4) is 27.8 Å². The zero-order valence-electron chi connectivity index (χ0n) is 21.7. The van der Waals surface area contributed by atoms with Crippen LogP contribution in [0.25, 0.3) is 22.0 Å². The van der Waals surface area contributed by atoms with Crippen molar-refractivity contribution in [1.29, 1.82) is 0 Å². The number of benzene rings is 2. The van der Waals surface area contributed by atoms with Crippen LogP contribution < -0.4 is 5.56 Å². The Morgan fingerprint density at radius 2 is 1.79 bits per heavy atom. The van der Waals surface area contributed by atoms with Crippen LogP contribution in [0.15, 0.2) is 71.0 Å². The average Bonchev–Trinajstić information content (AvgIpc) is 3.36. The summed E-state index contributed by atoms with van der Waals surface area (Å²) in [5.41, 5.74) is 2.68. The summed E-state index contributed by atoms with van der Waals surface area (Å²) in [5, 5.41) is 13.3. The molecular weight excluding hydrogens is 518 g/mol. The smallest absolute Gasteiger partial charge is 0.261 e. The van der Waals surface area contributed by atoms with Gasteiger partial charge in [-0.15, -0.1) is 11.3 Å². The molecule has 5 rings (SSSR count). The molecule has 0 aliphatic carbocycles. The summed E-state index contributed by atoms with van der Waals surface area (Å²) in [7, 11) is 0. The van der Waals surface area contributed by atoms with E-state index in [0.29, 0.717) is 22.6 Å². The van der Waals surface area contributed by atoms with E-state index < -0.39 is 23.2 Å². The third-order valence-electron chi connectivity index (χ3n) is 6.73. The third kappa shape index (κ3) is 5.09. The van der Waals surface area contributed by atoms with E-state index in [9.17, 15) is 14.3 Å². The van der Waals surface area contributed by atoms with Gasteiger partial charge in [0, 0.05) is 34.8 Å². The number of hydrogen-bond donors (Lipinski definition) is 1. The van der Waals surface area contributed by atoms with Crippen molar-refractivity contribution in [2.24, 2.45) is 0 Å². The molecule has 0 saturated carbocycles. The molecule has 9 heteroatoms. The van der Waals surface area contributed by atoms with Crippen LogP contribution in [0, 0.1) is 25.6 Å². The zero-order chi connectivity index (χ0) is 27.7. The predicted octanol–water partition coefficient (Wildman–Crippen LogP) is 6.62. The number of nitrogens with zero attached hydrogens (tertiary/aromatic N) is 4. The predicted molar refractivity (Wildman–Crippen MR) is 148 cm³/mol. The van der Waals surface area contributed by atoms with Crippen molar-refractivity contribution in [3.05, 3.63) is 116 Å². The number of aromatic nitrogens is 4. The Morgan fingerprint density at radius 1 is 1.03 bits per heavy atom. The Morgan fingerprint density at radius 3 is 2.46 bits per heavy atom. The fourth-order valence-electron chi connectivity index (χ4n) is 4.75. The van der Waals surface area contributed by atoms with Gasteiger partial charge in [-0.2, -0.15) is 9.37 Å². The van der Waals surface area contributed by atoms with Crippen molar-refractivity contribution in [2.45, 2.75) is 39.7 Å². The summed E-state index contributed by atoms with van der Waals surface area (Å²) in [6, 6.07) is 15.3. The molecule has 0 amide bonds. The second kappa shape index (κ2) is 10.9. The van der Waals surface area contributed by atoms with Gasteiger partial charge < -0.3 is 5.11 Å². The van der Waals surface area contributed by atoms with E-state index >= 15 is 4.39 Å². The molecule has 0 aliphatic rings. The summed E-state index contributed by atoms with van der Waals surface area (Å²) in [4.78, 5) is 26.6. The average molecular weight is 545 g/mol. The first-order valence-electron chi connectivity index (χ1n) is 12.5. The molecule has 5 aromatic rings. The molecule has 2 aromatic carbocycles. The highest BCUT2D eigenvalue weighted by Gasteiger charge is 2.25. The minimum atomic E-state index is -0.660. The van der Waals surface area contributed by atoms with Crippen molar-refractivity contribution in [3.63, 3.8) is 0 Å². The van der Waals surface area contributed by atoms with E-state index in [-0.39, 0.29) is 35.0 Å². The van der Waals surface area contributed by atoms with Crippen molar-refractivity contribution < 1.29 is 13.9 Å². The van der Waals surface area contributed by atoms with Gasteiger partial charge in [-0.1, -0.05) is 49.4 Å². The maximum atomic E-state index is 15.2. The summed E-state index contributed by atoms with van der Waals surface area (Å²) < 4.78 is 30.7. The molecule has 3 heterocycles. The largest absolute Gasteiger partial charge is 0.493 e. The van der Waals surface area contributed by atoms with Gasteiger partial charge in [0.05, 0.1) is 11.6 Å². The first-order valence-corrected chi connectivity index (χ1v) is 13.4. The minimum absolute atomic E-state index is 0.0407. The van der Waals surface area contributed by atoms with Gasteiger partial charge in [0.2, 0.25) is 11.8 Å². The van der Waals surface area contributed by atoms with Crippen molar-refractivity contribution in [1.82, 2.24) is 19.5 Å². The van der Waals surface area contributed by atoms with Gasteiger partial charge in [-0.25, -0.2) is 14.4 Å². The van der Waals surface area contributed by atoms with E-state index in [1.165, 1.54) is 23.6 Å². The fraction of sp³-hybridized carbons (Fsp3) is 0.200. The van der Waals surface area contributed by atoms with Crippen LogP contribution in [-0.4, -0.2) is 24.6 Å². The van der Waals surface area contributed by atoms with Gasteiger partial charge in [0.25, 0.3) is 5.56 Å². The summed E-state index contributed by atoms with van der Waals surface area (Å²) >= 11 is 1.35. The molecule has 0 spiro atoms. The second-order valence-electron chi connectivity index (χ2n) is 9.31. The van der Waals surface area contributed by atoms with Crippen LogP contribution in [0.5, 0.6) is 5.88 Å². The topological polar surface area (TPSA) is 80.9 Å². The molecule has 0 radical (unpaired) electrons. The third-order valence-corrected chi connectivity index (χ3v) is 7.68. The van der Waals surface area contributed by atoms with E-state index in [2.05, 4.69) is 15.0 Å². The maximum Gasteiger partial charge on any atom is 0.261 e. The van der Waals surface area contributed by atoms with Crippen molar-refractivity contribution >= 4 is 11.3 Å². The van der Waals surface area contributed by atoms with Crippen LogP contribution in [0.3, 0.4) is 0 Å². The standard InChI is InChI=1S/C30H26F2N4O2S/c1-4-25(20-8-6-5-7-9-20)36-27(29-34-17(2)16-39-29)35-28(37)23(30(36)38)14-19-10-11-22(24(31)15-19)21-12-13-33-26(32)18(21)3/h5-13,15-16,25,37H,4,14H2,1-3H3. The molecule has 0 aliphatic heterocycles. The Kier molecular flexibility index (Phi) is 7.34. The Hall–Kier alpha value is -4.24. The lowest BCUT2D eigenvalue weighted by Gasteiger charge is -2.22. The SMILES string of the molecule is CCC(c1ccccc1)n1c(-c2nc(C)cs2)nc(O)c(Cc2ccc(-c3ccnc(F)c3C)c(F)c2)c1=O. The van der Waals surface area contributed by atoms with Crippen LogP contribution >= 0.6 is 11.3 Å². The quantitative estimate of drug-likeness (QED) is 0.233. The van der Waals surface area contributed by atoms with Gasteiger partial charge in [0.1, 0.15) is 5.82 Å². The highest BCUT2D eigenvalue weighted by atomic mass is 32.1. The Labute approximate surface area is 228 Å². The summed E-state index contributed by atoms with van der Waals surface area (Å²) in [6.07, 6.45) is 1.85. The molecule has 1 atom stereocenters. The zero-order valence-corrected chi connectivity index (χ0v) is 22.5. The molecule has 39 heavy (non-hydrogen) atoms. The Bertz CT molecular complexity index is 1720. The van der Waals surface area contributed by atoms with E-state index in [4.69, 9.17) is 0 Å². The maximum absolute atomic E-state index is 15.2. The number of aryl methyl sites for hydroxylation is 1. The summed E-state index contributed by atoms with van der Waals surface area (Å²) in [5.74, 6) is -1.36. The molecule has 6 nitrogen and oxygen atoms in total. The normalized spacial score (nSPS) is 12.0. The highest BCUT2D eigenvalue weighted by molar-refractivity contribution is 7.13. The number of thiazole rings is 1. The first kappa shape index (κ1) is 26.4. The Balaban J connectivity index is 1.62. The molecular formula is C30H26F2N4O2S. The van der Waals surface area contributed by atoms with Crippen LogP contribution in [-0.2, 0) is 6.42 Å². The van der Waals surface area contributed by atoms with Crippen LogP contribution in [0.1, 0.15) is 47.3 Å². The number of rotatable bonds is 7. The lowest BCUT2D eigenvalue weighted by atomic mass is 9.98. The van der Waals surface area contributed by atoms with E-state index in [1.54, 1.807) is 29.7 Å². The molecule has 3 aromatic heterocycles. The number of hydrogen-bond acceptors (Lipinski definition) is 6. The first-order chi connectivity index (χ1) is 18.8. The lowest BCUT2D eigenvalue weighted by molar-refractivity contribution is 0.434. The molecule has 1 N–H and O–H groups in total. The van der Waals surface area contributed by atoms with Gasteiger partial charge in [-0.05, 0) is 49.1 Å². The summed E-state index contributed by atoms with van der Waals surface area (Å²) in [6.45, 7) is 5.37. The number of halogens is 2. The van der Waals surface area contributed by atoms with Crippen LogP contribution in [0.2, 0.25) is 0 Å². The van der Waals surface area contributed by atoms with E-state index in [1.807, 2.05) is 49.6 Å². The molecule has 1 unspecified atom stereocenters. The number of aromatic hydroxyl groups is 1. The lowest BCUT2D eigenvalue weighted by Crippen LogP contribution is -2.31.